The first kappa shape index (κ1) is 17.4. The summed E-state index contributed by atoms with van der Waals surface area (Å²) >= 11 is 0. The van der Waals surface area contributed by atoms with Gasteiger partial charge in [0, 0.05) is 24.2 Å². The predicted molar refractivity (Wildman–Crippen MR) is 96.8 cm³/mol. The highest BCUT2D eigenvalue weighted by Crippen LogP contribution is 2.32. The fourth-order valence-electron chi connectivity index (χ4n) is 2.75. The molecular weight excluding hydrogens is 316 g/mol. The fraction of sp³-hybridized carbons (Fsp3) is 0.250. The lowest BCUT2D eigenvalue weighted by Gasteiger charge is -2.17. The summed E-state index contributed by atoms with van der Waals surface area (Å²) in [5.74, 6) is 1.30. The van der Waals surface area contributed by atoms with E-state index >= 15 is 0 Å². The quantitative estimate of drug-likeness (QED) is 0.661. The van der Waals surface area contributed by atoms with E-state index in [1.54, 1.807) is 0 Å². The predicted octanol–water partition coefficient (Wildman–Crippen LogP) is 2.80. The Labute approximate surface area is 147 Å². The number of benzene rings is 2. The maximum Gasteiger partial charge on any atom is 0.209 e. The third-order valence-corrected chi connectivity index (χ3v) is 3.95. The molecule has 0 saturated carbocycles. The molecule has 0 fully saturated rings. The Bertz CT molecular complexity index is 709. The Morgan fingerprint density at radius 3 is 1.92 bits per heavy atom. The van der Waals surface area contributed by atoms with Crippen LogP contribution in [0.1, 0.15) is 5.89 Å². The van der Waals surface area contributed by atoms with Crippen molar-refractivity contribution in [1.29, 1.82) is 0 Å². The molecule has 3 aromatic rings. The highest BCUT2D eigenvalue weighted by Gasteiger charge is 2.18. The van der Waals surface area contributed by atoms with Gasteiger partial charge >= 0.3 is 0 Å². The first-order valence-corrected chi connectivity index (χ1v) is 8.36. The van der Waals surface area contributed by atoms with Crippen molar-refractivity contribution in [2.24, 2.45) is 0 Å². The standard InChI is InChI=1S/C20H22N2O3/c23-13-11-22(12-14-24)15-18-21-19(16-7-3-1-4-8-16)20(25-18)17-9-5-2-6-10-17/h1-10,23-24H,11-15H2. The number of rotatable bonds is 8. The van der Waals surface area contributed by atoms with E-state index in [-0.39, 0.29) is 13.2 Å². The van der Waals surface area contributed by atoms with Crippen LogP contribution in [0.2, 0.25) is 0 Å². The zero-order valence-corrected chi connectivity index (χ0v) is 14.0. The molecular formula is C20H22N2O3. The molecule has 0 spiro atoms. The fourth-order valence-corrected chi connectivity index (χ4v) is 2.75. The molecule has 0 bridgehead atoms. The second kappa shape index (κ2) is 8.58. The summed E-state index contributed by atoms with van der Waals surface area (Å²) in [4.78, 5) is 6.60. The number of hydrogen-bond donors (Lipinski definition) is 2. The molecule has 1 heterocycles. The summed E-state index contributed by atoms with van der Waals surface area (Å²) in [5, 5.41) is 18.4. The summed E-state index contributed by atoms with van der Waals surface area (Å²) in [6.07, 6.45) is 0. The van der Waals surface area contributed by atoms with Gasteiger partial charge in [-0.1, -0.05) is 60.7 Å². The molecule has 0 amide bonds. The number of hydrogen-bond acceptors (Lipinski definition) is 5. The van der Waals surface area contributed by atoms with E-state index in [9.17, 15) is 10.2 Å². The van der Waals surface area contributed by atoms with Crippen LogP contribution in [0.4, 0.5) is 0 Å². The van der Waals surface area contributed by atoms with Crippen LogP contribution in [0.3, 0.4) is 0 Å². The van der Waals surface area contributed by atoms with Crippen molar-refractivity contribution in [3.63, 3.8) is 0 Å². The topological polar surface area (TPSA) is 69.7 Å². The van der Waals surface area contributed by atoms with Crippen LogP contribution in [-0.2, 0) is 6.54 Å². The van der Waals surface area contributed by atoms with Gasteiger partial charge in [-0.05, 0) is 0 Å². The second-order valence-electron chi connectivity index (χ2n) is 5.74. The molecule has 5 heteroatoms. The van der Waals surface area contributed by atoms with Gasteiger partial charge in [-0.2, -0.15) is 0 Å². The second-order valence-corrected chi connectivity index (χ2v) is 5.74. The van der Waals surface area contributed by atoms with E-state index in [0.717, 1.165) is 22.6 Å². The van der Waals surface area contributed by atoms with Crippen molar-refractivity contribution < 1.29 is 14.6 Å². The van der Waals surface area contributed by atoms with Crippen LogP contribution >= 0.6 is 0 Å². The Balaban J connectivity index is 1.97. The number of aliphatic hydroxyl groups excluding tert-OH is 2. The minimum atomic E-state index is 0.0256. The highest BCUT2D eigenvalue weighted by molar-refractivity contribution is 5.76. The van der Waals surface area contributed by atoms with Crippen molar-refractivity contribution in [1.82, 2.24) is 9.88 Å². The number of oxazole rings is 1. The lowest BCUT2D eigenvalue weighted by atomic mass is 10.1. The number of nitrogens with zero attached hydrogens (tertiary/aromatic N) is 2. The molecule has 0 aliphatic carbocycles. The van der Waals surface area contributed by atoms with Crippen LogP contribution in [0.15, 0.2) is 65.1 Å². The van der Waals surface area contributed by atoms with Gasteiger partial charge in [0.25, 0.3) is 0 Å². The number of aliphatic hydroxyl groups is 2. The minimum absolute atomic E-state index is 0.0256. The average Bonchev–Trinajstić information content (AvgIpc) is 3.07. The first-order chi connectivity index (χ1) is 12.3. The summed E-state index contributed by atoms with van der Waals surface area (Å²) in [6, 6.07) is 19.8. The molecule has 0 radical (unpaired) electrons. The molecule has 3 rings (SSSR count). The lowest BCUT2D eigenvalue weighted by molar-refractivity contribution is 0.147. The lowest BCUT2D eigenvalue weighted by Crippen LogP contribution is -2.29. The van der Waals surface area contributed by atoms with E-state index < -0.39 is 0 Å². The molecule has 0 unspecified atom stereocenters. The van der Waals surface area contributed by atoms with Crippen LogP contribution in [-0.4, -0.2) is 46.4 Å². The van der Waals surface area contributed by atoms with E-state index in [1.165, 1.54) is 0 Å². The van der Waals surface area contributed by atoms with Gasteiger partial charge in [-0.25, -0.2) is 4.98 Å². The van der Waals surface area contributed by atoms with Crippen molar-refractivity contribution in [3.8, 4) is 22.6 Å². The molecule has 25 heavy (non-hydrogen) atoms. The van der Waals surface area contributed by atoms with Crippen molar-refractivity contribution in [2.75, 3.05) is 26.3 Å². The van der Waals surface area contributed by atoms with Gasteiger partial charge in [0.2, 0.25) is 5.89 Å². The molecule has 0 aliphatic rings. The molecule has 130 valence electrons. The molecule has 1 aromatic heterocycles. The van der Waals surface area contributed by atoms with Crippen LogP contribution < -0.4 is 0 Å². The van der Waals surface area contributed by atoms with E-state index in [1.807, 2.05) is 65.6 Å². The molecule has 0 atom stereocenters. The van der Waals surface area contributed by atoms with Crippen LogP contribution in [0.5, 0.6) is 0 Å². The van der Waals surface area contributed by atoms with E-state index in [0.29, 0.717) is 25.5 Å². The SMILES string of the molecule is OCCN(CCO)Cc1nc(-c2ccccc2)c(-c2ccccc2)o1. The van der Waals surface area contributed by atoms with Crippen LogP contribution in [0, 0.1) is 0 Å². The Kier molecular flexibility index (Phi) is 5.95. The zero-order valence-electron chi connectivity index (χ0n) is 14.0. The minimum Gasteiger partial charge on any atom is -0.439 e. The van der Waals surface area contributed by atoms with Gasteiger partial charge in [-0.15, -0.1) is 0 Å². The third kappa shape index (κ3) is 4.33. The molecule has 2 aromatic carbocycles. The summed E-state index contributed by atoms with van der Waals surface area (Å²) < 4.78 is 6.06. The smallest absolute Gasteiger partial charge is 0.209 e. The maximum atomic E-state index is 9.18. The normalized spacial score (nSPS) is 11.2. The molecule has 5 nitrogen and oxygen atoms in total. The monoisotopic (exact) mass is 338 g/mol. The van der Waals surface area contributed by atoms with Gasteiger partial charge in [0.15, 0.2) is 5.76 Å². The first-order valence-electron chi connectivity index (χ1n) is 8.36. The van der Waals surface area contributed by atoms with Crippen molar-refractivity contribution >= 4 is 0 Å². The van der Waals surface area contributed by atoms with Gasteiger partial charge < -0.3 is 14.6 Å². The van der Waals surface area contributed by atoms with Gasteiger partial charge in [0.1, 0.15) is 5.69 Å². The Hall–Kier alpha value is -2.47. The molecule has 0 aliphatic heterocycles. The van der Waals surface area contributed by atoms with Gasteiger partial charge in [0.05, 0.1) is 19.8 Å². The Morgan fingerprint density at radius 1 is 0.800 bits per heavy atom. The summed E-state index contributed by atoms with van der Waals surface area (Å²) in [5.41, 5.74) is 2.76. The Morgan fingerprint density at radius 2 is 1.36 bits per heavy atom. The molecule has 2 N–H and O–H groups in total. The average molecular weight is 338 g/mol. The van der Waals surface area contributed by atoms with Crippen molar-refractivity contribution in [3.05, 3.63) is 66.6 Å². The summed E-state index contributed by atoms with van der Waals surface area (Å²) in [6.45, 7) is 1.41. The van der Waals surface area contributed by atoms with E-state index in [4.69, 9.17) is 4.42 Å². The maximum absolute atomic E-state index is 9.18. The third-order valence-electron chi connectivity index (χ3n) is 3.95. The van der Waals surface area contributed by atoms with Gasteiger partial charge in [-0.3, -0.25) is 4.90 Å². The van der Waals surface area contributed by atoms with Crippen molar-refractivity contribution in [2.45, 2.75) is 6.54 Å². The molecule has 0 saturated heterocycles. The largest absolute Gasteiger partial charge is 0.439 e. The highest BCUT2D eigenvalue weighted by atomic mass is 16.4. The van der Waals surface area contributed by atoms with Crippen LogP contribution in [0.25, 0.3) is 22.6 Å². The summed E-state index contributed by atoms with van der Waals surface area (Å²) in [7, 11) is 0. The number of aromatic nitrogens is 1. The zero-order chi connectivity index (χ0) is 17.5. The van der Waals surface area contributed by atoms with E-state index in [2.05, 4.69) is 4.98 Å².